The summed E-state index contributed by atoms with van der Waals surface area (Å²) in [5.41, 5.74) is 1.60. The van der Waals surface area contributed by atoms with Crippen LogP contribution in [0.25, 0.3) is 0 Å². The van der Waals surface area contributed by atoms with Gasteiger partial charge >= 0.3 is 0 Å². The molecule has 4 nitrogen and oxygen atoms in total. The number of likely N-dealkylation sites (tertiary alicyclic amines) is 1. The molecule has 1 aromatic carbocycles. The van der Waals surface area contributed by atoms with E-state index in [0.29, 0.717) is 5.69 Å². The van der Waals surface area contributed by atoms with Crippen molar-refractivity contribution in [1.29, 1.82) is 0 Å². The largest absolute Gasteiger partial charge is 0.503 e. The lowest BCUT2D eigenvalue weighted by atomic mass is 10.1. The molecule has 1 N–H and O–H groups in total. The Balaban J connectivity index is 1.93. The smallest absolute Gasteiger partial charge is 0.223 e. The average molecular weight is 298 g/mol. The van der Waals surface area contributed by atoms with Crippen molar-refractivity contribution < 1.29 is 5.11 Å². The van der Waals surface area contributed by atoms with Crippen LogP contribution in [0.4, 0.5) is 0 Å². The fourth-order valence-corrected chi connectivity index (χ4v) is 3.21. The third kappa shape index (κ3) is 2.92. The van der Waals surface area contributed by atoms with Crippen molar-refractivity contribution in [3.8, 4) is 5.75 Å². The molecule has 1 aromatic heterocycles. The fourth-order valence-electron chi connectivity index (χ4n) is 3.21. The minimum Gasteiger partial charge on any atom is -0.503 e. The van der Waals surface area contributed by atoms with E-state index in [0.717, 1.165) is 19.6 Å². The maximum absolute atomic E-state index is 11.5. The standard InChI is InChI=1S/C18H22N2O2/c1-14-18(22)17(21)9-12-20(14)13-16(19-10-5-6-11-19)15-7-3-2-4-8-15/h2-4,7-9,12,16,22H,5-6,10-11,13H2,1H3. The molecule has 1 fully saturated rings. The first kappa shape index (κ1) is 14.9. The molecule has 22 heavy (non-hydrogen) atoms. The number of nitrogens with zero attached hydrogens (tertiary/aromatic N) is 2. The summed E-state index contributed by atoms with van der Waals surface area (Å²) >= 11 is 0. The zero-order chi connectivity index (χ0) is 15.5. The van der Waals surface area contributed by atoms with E-state index in [1.807, 2.05) is 10.6 Å². The maximum Gasteiger partial charge on any atom is 0.223 e. The van der Waals surface area contributed by atoms with Gasteiger partial charge in [0.2, 0.25) is 5.43 Å². The van der Waals surface area contributed by atoms with Gasteiger partial charge in [-0.15, -0.1) is 0 Å². The van der Waals surface area contributed by atoms with Gasteiger partial charge in [-0.25, -0.2) is 0 Å². The van der Waals surface area contributed by atoms with Gasteiger partial charge < -0.3 is 9.67 Å². The number of rotatable bonds is 4. The van der Waals surface area contributed by atoms with Crippen LogP contribution in [0.5, 0.6) is 5.75 Å². The van der Waals surface area contributed by atoms with Crippen LogP contribution in [-0.2, 0) is 6.54 Å². The van der Waals surface area contributed by atoms with Crippen LogP contribution < -0.4 is 5.43 Å². The summed E-state index contributed by atoms with van der Waals surface area (Å²) in [6.07, 6.45) is 4.25. The Morgan fingerprint density at radius 2 is 1.82 bits per heavy atom. The Morgan fingerprint density at radius 1 is 1.14 bits per heavy atom. The van der Waals surface area contributed by atoms with E-state index in [2.05, 4.69) is 29.2 Å². The second-order valence-electron chi connectivity index (χ2n) is 5.94. The molecule has 1 atom stereocenters. The molecule has 4 heteroatoms. The van der Waals surface area contributed by atoms with Crippen LogP contribution >= 0.6 is 0 Å². The summed E-state index contributed by atoms with van der Waals surface area (Å²) < 4.78 is 1.98. The van der Waals surface area contributed by atoms with Crippen molar-refractivity contribution in [3.05, 3.63) is 64.1 Å². The van der Waals surface area contributed by atoms with Crippen molar-refractivity contribution in [1.82, 2.24) is 9.47 Å². The van der Waals surface area contributed by atoms with E-state index in [1.54, 1.807) is 13.1 Å². The number of pyridine rings is 1. The molecule has 3 rings (SSSR count). The molecule has 1 saturated heterocycles. The van der Waals surface area contributed by atoms with Crippen LogP contribution in [0.15, 0.2) is 47.4 Å². The van der Waals surface area contributed by atoms with Gasteiger partial charge in [0.15, 0.2) is 5.75 Å². The Morgan fingerprint density at radius 3 is 2.50 bits per heavy atom. The number of hydrogen-bond acceptors (Lipinski definition) is 3. The zero-order valence-corrected chi connectivity index (χ0v) is 12.9. The summed E-state index contributed by atoms with van der Waals surface area (Å²) in [5, 5.41) is 9.89. The SMILES string of the molecule is Cc1c(O)c(=O)ccn1CC(c1ccccc1)N1CCCC1. The second-order valence-corrected chi connectivity index (χ2v) is 5.94. The predicted molar refractivity (Wildman–Crippen MR) is 87.1 cm³/mol. The highest BCUT2D eigenvalue weighted by Gasteiger charge is 2.24. The van der Waals surface area contributed by atoms with E-state index >= 15 is 0 Å². The lowest BCUT2D eigenvalue weighted by Crippen LogP contribution is -2.30. The van der Waals surface area contributed by atoms with E-state index in [9.17, 15) is 9.90 Å². The van der Waals surface area contributed by atoms with E-state index in [-0.39, 0.29) is 17.2 Å². The van der Waals surface area contributed by atoms with Crippen LogP contribution in [0.3, 0.4) is 0 Å². The normalized spacial score (nSPS) is 16.8. The number of aromatic hydroxyl groups is 1. The van der Waals surface area contributed by atoms with Gasteiger partial charge in [0.05, 0.1) is 11.7 Å². The van der Waals surface area contributed by atoms with Gasteiger partial charge in [-0.2, -0.15) is 0 Å². The molecule has 0 radical (unpaired) electrons. The predicted octanol–water partition coefficient (Wildman–Crippen LogP) is 2.70. The fraction of sp³-hybridized carbons (Fsp3) is 0.389. The summed E-state index contributed by atoms with van der Waals surface area (Å²) in [6.45, 7) is 4.74. The van der Waals surface area contributed by atoms with Crippen molar-refractivity contribution in [2.45, 2.75) is 32.4 Å². The van der Waals surface area contributed by atoms with Crippen molar-refractivity contribution in [2.75, 3.05) is 13.1 Å². The number of hydrogen-bond donors (Lipinski definition) is 1. The lowest BCUT2D eigenvalue weighted by molar-refractivity contribution is 0.220. The van der Waals surface area contributed by atoms with E-state index in [1.165, 1.54) is 24.5 Å². The van der Waals surface area contributed by atoms with Gasteiger partial charge in [0.25, 0.3) is 0 Å². The van der Waals surface area contributed by atoms with Gasteiger partial charge in [0, 0.05) is 18.8 Å². The summed E-state index contributed by atoms with van der Waals surface area (Å²) in [6, 6.07) is 12.2. The minimum atomic E-state index is -0.314. The molecule has 116 valence electrons. The van der Waals surface area contributed by atoms with Crippen LogP contribution in [0.1, 0.15) is 30.1 Å². The molecular formula is C18H22N2O2. The van der Waals surface area contributed by atoms with Crippen molar-refractivity contribution in [3.63, 3.8) is 0 Å². The Hall–Kier alpha value is -2.07. The first-order valence-corrected chi connectivity index (χ1v) is 7.85. The molecule has 0 amide bonds. The van der Waals surface area contributed by atoms with Gasteiger partial charge in [0.1, 0.15) is 0 Å². The van der Waals surface area contributed by atoms with Crippen LogP contribution in [0, 0.1) is 6.92 Å². The Labute approximate surface area is 130 Å². The highest BCUT2D eigenvalue weighted by Crippen LogP contribution is 2.27. The van der Waals surface area contributed by atoms with Crippen molar-refractivity contribution in [2.24, 2.45) is 0 Å². The second kappa shape index (κ2) is 6.36. The monoisotopic (exact) mass is 298 g/mol. The third-order valence-electron chi connectivity index (χ3n) is 4.55. The molecular weight excluding hydrogens is 276 g/mol. The van der Waals surface area contributed by atoms with E-state index < -0.39 is 0 Å². The summed E-state index contributed by atoms with van der Waals surface area (Å²) in [4.78, 5) is 14.0. The quantitative estimate of drug-likeness (QED) is 0.944. The first-order valence-electron chi connectivity index (χ1n) is 7.85. The number of benzene rings is 1. The Kier molecular flexibility index (Phi) is 4.29. The highest BCUT2D eigenvalue weighted by molar-refractivity contribution is 5.26. The molecule has 1 aliphatic rings. The average Bonchev–Trinajstić information content (AvgIpc) is 3.07. The van der Waals surface area contributed by atoms with Crippen LogP contribution in [0.2, 0.25) is 0 Å². The Bertz CT molecular complexity index is 688. The zero-order valence-electron chi connectivity index (χ0n) is 12.9. The molecule has 0 saturated carbocycles. The van der Waals surface area contributed by atoms with Crippen molar-refractivity contribution >= 4 is 0 Å². The first-order chi connectivity index (χ1) is 10.7. The molecule has 0 bridgehead atoms. The minimum absolute atomic E-state index is 0.143. The molecule has 2 heterocycles. The summed E-state index contributed by atoms with van der Waals surface area (Å²) in [5.74, 6) is -0.143. The topological polar surface area (TPSA) is 45.5 Å². The third-order valence-corrected chi connectivity index (χ3v) is 4.55. The van der Waals surface area contributed by atoms with Gasteiger partial charge in [-0.3, -0.25) is 9.69 Å². The van der Waals surface area contributed by atoms with Gasteiger partial charge in [-0.1, -0.05) is 30.3 Å². The summed E-state index contributed by atoms with van der Waals surface area (Å²) in [7, 11) is 0. The lowest BCUT2D eigenvalue weighted by Gasteiger charge is -2.29. The molecule has 0 aliphatic carbocycles. The molecule has 1 unspecified atom stereocenters. The van der Waals surface area contributed by atoms with Crippen LogP contribution in [-0.4, -0.2) is 27.7 Å². The van der Waals surface area contributed by atoms with Gasteiger partial charge in [-0.05, 0) is 38.4 Å². The van der Waals surface area contributed by atoms with E-state index in [4.69, 9.17) is 0 Å². The maximum atomic E-state index is 11.5. The molecule has 1 aliphatic heterocycles. The molecule has 2 aromatic rings. The number of aromatic nitrogens is 1. The highest BCUT2D eigenvalue weighted by atomic mass is 16.3. The molecule has 0 spiro atoms.